The maximum absolute atomic E-state index is 13.1. The molecule has 0 spiro atoms. The van der Waals surface area contributed by atoms with Gasteiger partial charge in [-0.25, -0.2) is 19.3 Å². The van der Waals surface area contributed by atoms with Crippen LogP contribution in [0.5, 0.6) is 5.75 Å². The Bertz CT molecular complexity index is 1250. The third kappa shape index (κ3) is 2.47. The van der Waals surface area contributed by atoms with Gasteiger partial charge in [0.1, 0.15) is 11.4 Å². The number of aromatic nitrogens is 3. The first-order valence-corrected chi connectivity index (χ1v) is 8.97. The highest BCUT2D eigenvalue weighted by molar-refractivity contribution is 14.1. The average molecular weight is 459 g/mol. The molecule has 0 aliphatic carbocycles. The highest BCUT2D eigenvalue weighted by Gasteiger charge is 2.19. The third-order valence-corrected chi connectivity index (χ3v) is 5.18. The quantitative estimate of drug-likeness (QED) is 0.453. The highest BCUT2D eigenvalue weighted by Crippen LogP contribution is 2.29. The molecule has 4 aromatic rings. The number of aromatic amines is 1. The largest absolute Gasteiger partial charge is 0.506 e. The summed E-state index contributed by atoms with van der Waals surface area (Å²) in [5.74, 6) is -0.0846. The van der Waals surface area contributed by atoms with Crippen LogP contribution in [-0.2, 0) is 0 Å². The van der Waals surface area contributed by atoms with Crippen molar-refractivity contribution in [1.29, 1.82) is 0 Å². The van der Waals surface area contributed by atoms with Gasteiger partial charge in [0.25, 0.3) is 0 Å². The summed E-state index contributed by atoms with van der Waals surface area (Å²) >= 11 is 2.10. The minimum atomic E-state index is -0.561. The molecule has 0 unspecified atom stereocenters. The van der Waals surface area contributed by atoms with Gasteiger partial charge in [0.15, 0.2) is 0 Å². The Morgan fingerprint density at radius 2 is 1.73 bits per heavy atom. The van der Waals surface area contributed by atoms with Gasteiger partial charge in [-0.05, 0) is 52.6 Å². The topological polar surface area (TPSA) is 80.0 Å². The van der Waals surface area contributed by atoms with E-state index in [1.165, 1.54) is 6.07 Å². The van der Waals surface area contributed by atoms with E-state index in [4.69, 9.17) is 0 Å². The molecule has 1 aromatic heterocycles. The van der Waals surface area contributed by atoms with E-state index in [1.54, 1.807) is 12.1 Å². The van der Waals surface area contributed by atoms with E-state index in [0.29, 0.717) is 11.1 Å². The van der Waals surface area contributed by atoms with Crippen molar-refractivity contribution in [1.82, 2.24) is 14.3 Å². The van der Waals surface area contributed by atoms with Gasteiger partial charge in [0.05, 0.1) is 5.69 Å². The number of nitrogens with zero attached hydrogens (tertiary/aromatic N) is 2. The van der Waals surface area contributed by atoms with Crippen LogP contribution in [0.4, 0.5) is 0 Å². The van der Waals surface area contributed by atoms with Gasteiger partial charge in [0, 0.05) is 8.96 Å². The lowest BCUT2D eigenvalue weighted by Gasteiger charge is -2.09. The number of phenols is 1. The molecule has 2 N–H and O–H groups in total. The predicted octanol–water partition coefficient (Wildman–Crippen LogP) is 3.09. The van der Waals surface area contributed by atoms with Crippen LogP contribution in [0.2, 0.25) is 0 Å². The molecule has 0 aliphatic heterocycles. The summed E-state index contributed by atoms with van der Waals surface area (Å²) in [6, 6.07) is 16.2. The summed E-state index contributed by atoms with van der Waals surface area (Å²) in [4.78, 5) is 25.7. The standard InChI is InChI=1S/C19H14IN3O3/c1-11-5-4-8-14(20)16(11)22-18(25)21-23(19(22)26)17-13-7-3-2-6-12(13)9-10-15(17)24/h2-10,24H,1H3,(H,21,25). The molecule has 0 saturated heterocycles. The third-order valence-electron chi connectivity index (χ3n) is 4.31. The van der Waals surface area contributed by atoms with Gasteiger partial charge in [-0.1, -0.05) is 42.5 Å². The molecule has 0 atom stereocenters. The lowest BCUT2D eigenvalue weighted by Crippen LogP contribution is -2.28. The van der Waals surface area contributed by atoms with E-state index in [-0.39, 0.29) is 11.4 Å². The normalized spacial score (nSPS) is 11.2. The van der Waals surface area contributed by atoms with Crippen LogP contribution < -0.4 is 11.4 Å². The second kappa shape index (κ2) is 6.17. The first-order valence-electron chi connectivity index (χ1n) is 7.89. The van der Waals surface area contributed by atoms with Crippen LogP contribution in [0.25, 0.3) is 22.1 Å². The Morgan fingerprint density at radius 3 is 2.50 bits per heavy atom. The smallest absolute Gasteiger partial charge is 0.356 e. The molecule has 7 heteroatoms. The number of hydrogen-bond acceptors (Lipinski definition) is 3. The predicted molar refractivity (Wildman–Crippen MR) is 109 cm³/mol. The molecule has 0 saturated carbocycles. The first-order chi connectivity index (χ1) is 12.5. The van der Waals surface area contributed by atoms with Crippen molar-refractivity contribution in [2.45, 2.75) is 6.92 Å². The molecule has 6 nitrogen and oxygen atoms in total. The van der Waals surface area contributed by atoms with E-state index < -0.39 is 11.4 Å². The van der Waals surface area contributed by atoms with Crippen LogP contribution >= 0.6 is 22.6 Å². The Hall–Kier alpha value is -2.81. The maximum atomic E-state index is 13.1. The van der Waals surface area contributed by atoms with Gasteiger partial charge < -0.3 is 5.11 Å². The fourth-order valence-electron chi connectivity index (χ4n) is 3.11. The minimum Gasteiger partial charge on any atom is -0.506 e. The molecule has 0 amide bonds. The zero-order chi connectivity index (χ0) is 18.4. The van der Waals surface area contributed by atoms with Gasteiger partial charge >= 0.3 is 11.4 Å². The molecule has 3 aromatic carbocycles. The van der Waals surface area contributed by atoms with Crippen LogP contribution in [0.3, 0.4) is 0 Å². The number of hydrogen-bond donors (Lipinski definition) is 2. The van der Waals surface area contributed by atoms with Crippen LogP contribution in [-0.4, -0.2) is 19.5 Å². The molecule has 0 radical (unpaired) electrons. The number of aromatic hydroxyl groups is 1. The van der Waals surface area contributed by atoms with E-state index in [2.05, 4.69) is 27.7 Å². The second-order valence-electron chi connectivity index (χ2n) is 5.93. The average Bonchev–Trinajstić information content (AvgIpc) is 2.90. The van der Waals surface area contributed by atoms with E-state index in [9.17, 15) is 14.7 Å². The summed E-state index contributed by atoms with van der Waals surface area (Å²) in [5, 5.41) is 14.5. The Labute approximate surface area is 161 Å². The number of phenolic OH excluding ortho intramolecular Hbond substituents is 1. The van der Waals surface area contributed by atoms with Crippen molar-refractivity contribution >= 4 is 33.4 Å². The van der Waals surface area contributed by atoms with Crippen molar-refractivity contribution in [3.8, 4) is 17.1 Å². The number of H-pyrrole nitrogens is 1. The van der Waals surface area contributed by atoms with Crippen LogP contribution in [0.15, 0.2) is 64.2 Å². The number of rotatable bonds is 2. The Balaban J connectivity index is 2.08. The van der Waals surface area contributed by atoms with Gasteiger partial charge in [-0.15, -0.1) is 0 Å². The van der Waals surface area contributed by atoms with Crippen LogP contribution in [0, 0.1) is 10.5 Å². The number of fused-ring (bicyclic) bond motifs is 1. The molecule has 1 heterocycles. The molecular weight excluding hydrogens is 445 g/mol. The Morgan fingerprint density at radius 1 is 0.962 bits per heavy atom. The van der Waals surface area contributed by atoms with Gasteiger partial charge in [-0.3, -0.25) is 0 Å². The van der Waals surface area contributed by atoms with E-state index >= 15 is 0 Å². The molecule has 0 bridgehead atoms. The van der Waals surface area contributed by atoms with Crippen molar-refractivity contribution in [3.63, 3.8) is 0 Å². The van der Waals surface area contributed by atoms with Crippen molar-refractivity contribution in [2.75, 3.05) is 0 Å². The molecule has 130 valence electrons. The minimum absolute atomic E-state index is 0.0846. The highest BCUT2D eigenvalue weighted by atomic mass is 127. The number of nitrogens with one attached hydrogen (secondary N) is 1. The monoisotopic (exact) mass is 459 g/mol. The molecular formula is C19H14IN3O3. The zero-order valence-electron chi connectivity index (χ0n) is 13.7. The first kappa shape index (κ1) is 16.6. The number of benzene rings is 3. The lowest BCUT2D eigenvalue weighted by molar-refractivity contribution is 0.470. The molecule has 26 heavy (non-hydrogen) atoms. The van der Waals surface area contributed by atoms with Gasteiger partial charge in [-0.2, -0.15) is 4.68 Å². The van der Waals surface area contributed by atoms with E-state index in [1.807, 2.05) is 43.3 Å². The zero-order valence-corrected chi connectivity index (χ0v) is 15.9. The van der Waals surface area contributed by atoms with Crippen molar-refractivity contribution in [3.05, 3.63) is 84.7 Å². The van der Waals surface area contributed by atoms with Crippen molar-refractivity contribution < 1.29 is 5.11 Å². The van der Waals surface area contributed by atoms with Gasteiger partial charge in [0.2, 0.25) is 0 Å². The summed E-state index contributed by atoms with van der Waals surface area (Å²) < 4.78 is 2.98. The molecule has 4 rings (SSSR count). The number of para-hydroxylation sites is 1. The number of halogens is 1. The summed E-state index contributed by atoms with van der Waals surface area (Å²) in [5.41, 5.74) is 0.484. The maximum Gasteiger partial charge on any atom is 0.356 e. The lowest BCUT2D eigenvalue weighted by atomic mass is 10.1. The Kier molecular flexibility index (Phi) is 3.95. The molecule has 0 aliphatic rings. The summed E-state index contributed by atoms with van der Waals surface area (Å²) in [6.07, 6.45) is 0. The summed E-state index contributed by atoms with van der Waals surface area (Å²) in [7, 11) is 0. The SMILES string of the molecule is Cc1cccc(I)c1-n1c(=O)[nH]n(-c2c(O)ccc3ccccc23)c1=O. The number of aryl methyl sites for hydroxylation is 1. The van der Waals surface area contributed by atoms with E-state index in [0.717, 1.165) is 23.8 Å². The van der Waals surface area contributed by atoms with Crippen LogP contribution in [0.1, 0.15) is 5.56 Å². The fraction of sp³-hybridized carbons (Fsp3) is 0.0526. The second-order valence-corrected chi connectivity index (χ2v) is 7.09. The van der Waals surface area contributed by atoms with Crippen molar-refractivity contribution in [2.24, 2.45) is 0 Å². The molecule has 0 fully saturated rings. The summed E-state index contributed by atoms with van der Waals surface area (Å²) in [6.45, 7) is 1.84. The fourth-order valence-corrected chi connectivity index (χ4v) is 3.99.